The first-order chi connectivity index (χ1) is 39.5. The summed E-state index contributed by atoms with van der Waals surface area (Å²) in [5, 5.41) is 23.5. The van der Waals surface area contributed by atoms with Gasteiger partial charge in [-0.25, -0.2) is 0 Å². The summed E-state index contributed by atoms with van der Waals surface area (Å²) >= 11 is 0. The highest BCUT2D eigenvalue weighted by Crippen LogP contribution is 2.19. The highest BCUT2D eigenvalue weighted by molar-refractivity contribution is 5.76. The maximum absolute atomic E-state index is 12.6. The number of ether oxygens (including phenoxy) is 1. The van der Waals surface area contributed by atoms with E-state index in [0.717, 1.165) is 44.9 Å². The Morgan fingerprint density at radius 1 is 0.338 bits per heavy atom. The molecule has 0 aliphatic rings. The zero-order chi connectivity index (χ0) is 57.8. The number of hydrogen-bond donors (Lipinski definition) is 3. The predicted octanol–water partition coefficient (Wildman–Crippen LogP) is 23.7. The fourth-order valence-corrected chi connectivity index (χ4v) is 11.6. The molecule has 6 heteroatoms. The monoisotopic (exact) mass is 1130 g/mol. The maximum atomic E-state index is 12.6. The van der Waals surface area contributed by atoms with Gasteiger partial charge in [-0.05, 0) is 77.0 Å². The molecule has 0 saturated heterocycles. The van der Waals surface area contributed by atoms with E-state index in [-0.39, 0.29) is 18.5 Å². The van der Waals surface area contributed by atoms with E-state index in [9.17, 15) is 19.8 Å². The minimum Gasteiger partial charge on any atom is -0.466 e. The van der Waals surface area contributed by atoms with Crippen molar-refractivity contribution >= 4 is 11.9 Å². The van der Waals surface area contributed by atoms with Gasteiger partial charge in [0.1, 0.15) is 0 Å². The van der Waals surface area contributed by atoms with Gasteiger partial charge in [-0.3, -0.25) is 9.59 Å². The topological polar surface area (TPSA) is 95.9 Å². The Morgan fingerprint density at radius 2 is 0.588 bits per heavy atom. The zero-order valence-electron chi connectivity index (χ0n) is 54.3. The smallest absolute Gasteiger partial charge is 0.305 e. The molecule has 0 rings (SSSR count). The number of nitrogens with one attached hydrogen (secondary N) is 1. The highest BCUT2D eigenvalue weighted by atomic mass is 16.5. The summed E-state index contributed by atoms with van der Waals surface area (Å²) in [6.45, 7) is 4.98. The van der Waals surface area contributed by atoms with E-state index >= 15 is 0 Å². The molecule has 474 valence electrons. The van der Waals surface area contributed by atoms with Gasteiger partial charge in [0.05, 0.1) is 25.4 Å². The molecule has 0 aromatic carbocycles. The Bertz CT molecular complexity index is 1250. The Kier molecular flexibility index (Phi) is 68.4. The zero-order valence-corrected chi connectivity index (χ0v) is 54.3. The summed E-state index contributed by atoms with van der Waals surface area (Å²) < 4.78 is 5.49. The van der Waals surface area contributed by atoms with Crippen LogP contribution in [0.3, 0.4) is 0 Å². The molecule has 0 aliphatic heterocycles. The number of aliphatic hydroxyl groups excluding tert-OH is 2. The maximum Gasteiger partial charge on any atom is 0.305 e. The van der Waals surface area contributed by atoms with Crippen molar-refractivity contribution in [3.05, 3.63) is 24.3 Å². The predicted molar refractivity (Wildman–Crippen MR) is 352 cm³/mol. The first-order valence-corrected chi connectivity index (χ1v) is 36.6. The number of allylic oxidation sites excluding steroid dienone is 4. The van der Waals surface area contributed by atoms with Crippen molar-refractivity contribution in [1.29, 1.82) is 0 Å². The lowest BCUT2D eigenvalue weighted by molar-refractivity contribution is -0.143. The number of unbranched alkanes of at least 4 members (excludes halogenated alkanes) is 54. The lowest BCUT2D eigenvalue weighted by atomic mass is 10.0. The van der Waals surface area contributed by atoms with Crippen LogP contribution in [0, 0.1) is 0 Å². The van der Waals surface area contributed by atoms with E-state index in [0.29, 0.717) is 25.9 Å². The van der Waals surface area contributed by atoms with E-state index in [4.69, 9.17) is 4.74 Å². The molecule has 0 spiro atoms. The first-order valence-electron chi connectivity index (χ1n) is 36.6. The Balaban J connectivity index is 3.41. The number of carbonyl (C=O) groups excluding carboxylic acids is 2. The van der Waals surface area contributed by atoms with Gasteiger partial charge in [0.25, 0.3) is 0 Å². The molecule has 2 unspecified atom stereocenters. The van der Waals surface area contributed by atoms with Crippen molar-refractivity contribution in [2.24, 2.45) is 0 Å². The summed E-state index contributed by atoms with van der Waals surface area (Å²) in [7, 11) is 0. The quantitative estimate of drug-likeness (QED) is 0.0320. The van der Waals surface area contributed by atoms with Crippen LogP contribution in [0.4, 0.5) is 0 Å². The Morgan fingerprint density at radius 3 is 0.887 bits per heavy atom. The van der Waals surface area contributed by atoms with E-state index in [1.54, 1.807) is 0 Å². The van der Waals surface area contributed by atoms with Crippen LogP contribution in [-0.2, 0) is 14.3 Å². The van der Waals surface area contributed by atoms with Gasteiger partial charge in [0.15, 0.2) is 0 Å². The van der Waals surface area contributed by atoms with Gasteiger partial charge in [-0.1, -0.05) is 346 Å². The first kappa shape index (κ1) is 78.3. The second-order valence-corrected chi connectivity index (χ2v) is 25.3. The second-order valence-electron chi connectivity index (χ2n) is 25.3. The molecule has 0 radical (unpaired) electrons. The lowest BCUT2D eigenvalue weighted by Crippen LogP contribution is -2.45. The highest BCUT2D eigenvalue weighted by Gasteiger charge is 2.20. The molecular formula is C74H143NO5. The summed E-state index contributed by atoms with van der Waals surface area (Å²) in [6.07, 6.45) is 88.0. The van der Waals surface area contributed by atoms with E-state index < -0.39 is 12.1 Å². The van der Waals surface area contributed by atoms with Crippen molar-refractivity contribution in [1.82, 2.24) is 5.32 Å². The van der Waals surface area contributed by atoms with Crippen LogP contribution in [0.5, 0.6) is 0 Å². The summed E-state index contributed by atoms with van der Waals surface area (Å²) in [4.78, 5) is 24.6. The molecule has 0 heterocycles. The van der Waals surface area contributed by atoms with Crippen molar-refractivity contribution in [2.75, 3.05) is 13.2 Å². The third-order valence-corrected chi connectivity index (χ3v) is 17.2. The lowest BCUT2D eigenvalue weighted by Gasteiger charge is -2.22. The minimum absolute atomic E-state index is 0.00372. The summed E-state index contributed by atoms with van der Waals surface area (Å²) in [6, 6.07) is -0.548. The number of aliphatic hydroxyl groups is 2. The van der Waals surface area contributed by atoms with E-state index in [2.05, 4.69) is 43.5 Å². The van der Waals surface area contributed by atoms with Crippen LogP contribution in [0.1, 0.15) is 412 Å². The van der Waals surface area contributed by atoms with Crippen LogP contribution < -0.4 is 5.32 Å². The molecule has 0 aromatic heterocycles. The van der Waals surface area contributed by atoms with Crippen molar-refractivity contribution in [3.8, 4) is 0 Å². The molecule has 0 aliphatic carbocycles. The molecule has 0 aromatic rings. The number of hydrogen-bond acceptors (Lipinski definition) is 5. The fraction of sp³-hybridized carbons (Fsp3) is 0.919. The van der Waals surface area contributed by atoms with E-state index in [1.807, 2.05) is 0 Å². The van der Waals surface area contributed by atoms with Gasteiger partial charge >= 0.3 is 5.97 Å². The summed E-state index contributed by atoms with van der Waals surface area (Å²) in [5.41, 5.74) is 0. The molecule has 3 N–H and O–H groups in total. The SMILES string of the molecule is CCCCCCCCC/C=C\CCCCCCCC(=O)OCCCCCCCCCCCCC/C=C\CCCCCCCCCC(=O)NC(CO)C(O)CCCCCCCCCCCCCCCCCCCCCCCCCCC. The van der Waals surface area contributed by atoms with Crippen LogP contribution in [-0.4, -0.2) is 47.4 Å². The van der Waals surface area contributed by atoms with Gasteiger partial charge < -0.3 is 20.3 Å². The Labute approximate surface area is 501 Å². The normalized spacial score (nSPS) is 12.6. The number of esters is 1. The standard InChI is InChI=1S/C74H143NO5/c1-3-5-7-9-11-13-15-17-19-21-22-23-24-25-26-29-32-35-38-42-46-50-54-58-62-66-72(77)71(70-76)75-73(78)67-63-59-55-51-47-43-39-36-33-30-27-28-31-34-37-41-45-49-53-57-61-65-69-80-74(79)68-64-60-56-52-48-44-40-20-18-16-14-12-10-8-6-4-2/h20,30,33,40,71-72,76-77H,3-19,21-29,31-32,34-39,41-70H2,1-2H3,(H,75,78)/b33-30-,40-20-. The van der Waals surface area contributed by atoms with Crippen LogP contribution >= 0.6 is 0 Å². The van der Waals surface area contributed by atoms with Gasteiger partial charge in [0, 0.05) is 12.8 Å². The number of rotatable bonds is 69. The molecule has 0 saturated carbocycles. The molecule has 80 heavy (non-hydrogen) atoms. The third-order valence-electron chi connectivity index (χ3n) is 17.2. The van der Waals surface area contributed by atoms with Crippen molar-refractivity contribution < 1.29 is 24.5 Å². The van der Waals surface area contributed by atoms with E-state index in [1.165, 1.54) is 334 Å². The van der Waals surface area contributed by atoms with Gasteiger partial charge in [-0.2, -0.15) is 0 Å². The van der Waals surface area contributed by atoms with Crippen molar-refractivity contribution in [3.63, 3.8) is 0 Å². The molecule has 0 bridgehead atoms. The van der Waals surface area contributed by atoms with Crippen LogP contribution in [0.15, 0.2) is 24.3 Å². The molecule has 2 atom stereocenters. The average molecular weight is 1130 g/mol. The Hall–Kier alpha value is -1.66. The average Bonchev–Trinajstić information content (AvgIpc) is 3.46. The van der Waals surface area contributed by atoms with Gasteiger partial charge in [-0.15, -0.1) is 0 Å². The number of carbonyl (C=O) groups is 2. The molecular weight excluding hydrogens is 983 g/mol. The molecule has 6 nitrogen and oxygen atoms in total. The number of amides is 1. The van der Waals surface area contributed by atoms with Crippen LogP contribution in [0.25, 0.3) is 0 Å². The van der Waals surface area contributed by atoms with Crippen molar-refractivity contribution in [2.45, 2.75) is 424 Å². The molecule has 1 amide bonds. The molecule has 0 fully saturated rings. The van der Waals surface area contributed by atoms with Crippen LogP contribution in [0.2, 0.25) is 0 Å². The largest absolute Gasteiger partial charge is 0.466 e. The third kappa shape index (κ3) is 65.5. The summed E-state index contributed by atoms with van der Waals surface area (Å²) in [5.74, 6) is -0.0334. The van der Waals surface area contributed by atoms with Gasteiger partial charge in [0.2, 0.25) is 5.91 Å². The second kappa shape index (κ2) is 69.8. The minimum atomic E-state index is -0.671. The fourth-order valence-electron chi connectivity index (χ4n) is 11.6.